The second-order valence-electron chi connectivity index (χ2n) is 6.55. The van der Waals surface area contributed by atoms with Gasteiger partial charge in [-0.15, -0.1) is 0 Å². The first-order chi connectivity index (χ1) is 11.6. The topological polar surface area (TPSA) is 51.2 Å². The van der Waals surface area contributed by atoms with Gasteiger partial charge in [0.05, 0.1) is 31.5 Å². The predicted octanol–water partition coefficient (Wildman–Crippen LogP) is 2.11. The molecule has 0 saturated carbocycles. The molecule has 24 heavy (non-hydrogen) atoms. The molecule has 5 nitrogen and oxygen atoms in total. The second-order valence-corrected chi connectivity index (χ2v) is 6.55. The first kappa shape index (κ1) is 19.2. The van der Waals surface area contributed by atoms with Crippen LogP contribution in [0.4, 0.5) is 0 Å². The summed E-state index contributed by atoms with van der Waals surface area (Å²) in [5, 5.41) is 10.1. The normalized spacial score (nSPS) is 23.2. The molecule has 0 aromatic heterocycles. The summed E-state index contributed by atoms with van der Waals surface area (Å²) in [7, 11) is 0. The van der Waals surface area contributed by atoms with E-state index in [2.05, 4.69) is 37.8 Å². The number of β-amino-alcohol motifs (C(OH)–C–C–N with tert-alkyl or cyclic N) is 1. The zero-order valence-corrected chi connectivity index (χ0v) is 15.1. The van der Waals surface area contributed by atoms with Gasteiger partial charge in [0.15, 0.2) is 0 Å². The van der Waals surface area contributed by atoms with Gasteiger partial charge >= 0.3 is 0 Å². The minimum Gasteiger partial charge on any atom is -0.491 e. The van der Waals surface area contributed by atoms with Crippen molar-refractivity contribution in [2.75, 3.05) is 39.5 Å². The molecule has 0 spiro atoms. The lowest BCUT2D eigenvalue weighted by molar-refractivity contribution is -0.0824. The van der Waals surface area contributed by atoms with Gasteiger partial charge < -0.3 is 19.3 Å². The van der Waals surface area contributed by atoms with Crippen molar-refractivity contribution in [1.29, 1.82) is 0 Å². The summed E-state index contributed by atoms with van der Waals surface area (Å²) in [6.07, 6.45) is 0.984. The fraction of sp³-hybridized carbons (Fsp3) is 0.684. The maximum absolute atomic E-state index is 10.1. The maximum Gasteiger partial charge on any atom is 0.119 e. The summed E-state index contributed by atoms with van der Waals surface area (Å²) >= 11 is 0. The monoisotopic (exact) mass is 337 g/mol. The van der Waals surface area contributed by atoms with Crippen molar-refractivity contribution in [3.05, 3.63) is 29.8 Å². The number of rotatable bonds is 9. The summed E-state index contributed by atoms with van der Waals surface area (Å²) in [6, 6.07) is 8.11. The molecule has 1 aromatic rings. The Morgan fingerprint density at radius 1 is 1.17 bits per heavy atom. The van der Waals surface area contributed by atoms with E-state index in [0.717, 1.165) is 25.3 Å². The van der Waals surface area contributed by atoms with Crippen LogP contribution in [-0.4, -0.2) is 67.8 Å². The van der Waals surface area contributed by atoms with Crippen LogP contribution in [0.15, 0.2) is 24.3 Å². The molecule has 1 heterocycles. The van der Waals surface area contributed by atoms with Crippen molar-refractivity contribution in [3.63, 3.8) is 0 Å². The fourth-order valence-electron chi connectivity index (χ4n) is 3.04. The van der Waals surface area contributed by atoms with Crippen LogP contribution in [0.25, 0.3) is 0 Å². The predicted molar refractivity (Wildman–Crippen MR) is 94.6 cm³/mol. The molecule has 1 aliphatic heterocycles. The number of hydrogen-bond acceptors (Lipinski definition) is 5. The molecule has 3 atom stereocenters. The smallest absolute Gasteiger partial charge is 0.119 e. The van der Waals surface area contributed by atoms with Crippen molar-refractivity contribution in [2.45, 2.75) is 45.5 Å². The number of hydrogen-bond donors (Lipinski definition) is 1. The summed E-state index contributed by atoms with van der Waals surface area (Å²) in [6.45, 7) is 9.90. The zero-order chi connectivity index (χ0) is 17.4. The van der Waals surface area contributed by atoms with E-state index in [1.807, 2.05) is 12.1 Å². The highest BCUT2D eigenvalue weighted by Crippen LogP contribution is 2.13. The number of benzene rings is 1. The Balaban J connectivity index is 1.56. The molecule has 1 aliphatic rings. The first-order valence-electron chi connectivity index (χ1n) is 8.92. The SMILES string of the molecule is CCc1ccc(OCCOCC(O)CN2CC(C)OC(C)C2)cc1. The molecular weight excluding hydrogens is 306 g/mol. The van der Waals surface area contributed by atoms with Crippen molar-refractivity contribution in [2.24, 2.45) is 0 Å². The highest BCUT2D eigenvalue weighted by molar-refractivity contribution is 5.27. The molecule has 3 unspecified atom stereocenters. The molecule has 0 aliphatic carbocycles. The molecule has 1 aromatic carbocycles. The Kier molecular flexibility index (Phi) is 7.99. The van der Waals surface area contributed by atoms with Crippen molar-refractivity contribution < 1.29 is 19.3 Å². The fourth-order valence-corrected chi connectivity index (χ4v) is 3.04. The minimum atomic E-state index is -0.480. The highest BCUT2D eigenvalue weighted by atomic mass is 16.5. The lowest BCUT2D eigenvalue weighted by atomic mass is 10.2. The summed E-state index contributed by atoms with van der Waals surface area (Å²) < 4.78 is 16.9. The van der Waals surface area contributed by atoms with Gasteiger partial charge in [0.2, 0.25) is 0 Å². The van der Waals surface area contributed by atoms with Gasteiger partial charge in [-0.2, -0.15) is 0 Å². The van der Waals surface area contributed by atoms with Crippen LogP contribution in [-0.2, 0) is 15.9 Å². The van der Waals surface area contributed by atoms with E-state index in [4.69, 9.17) is 14.2 Å². The Labute approximate surface area is 145 Å². The van der Waals surface area contributed by atoms with Gasteiger partial charge in [0.25, 0.3) is 0 Å². The van der Waals surface area contributed by atoms with E-state index in [-0.39, 0.29) is 12.2 Å². The van der Waals surface area contributed by atoms with Gasteiger partial charge in [-0.3, -0.25) is 4.90 Å². The van der Waals surface area contributed by atoms with Crippen LogP contribution >= 0.6 is 0 Å². The Morgan fingerprint density at radius 2 is 1.83 bits per heavy atom. The quantitative estimate of drug-likeness (QED) is 0.700. The van der Waals surface area contributed by atoms with Crippen LogP contribution in [0, 0.1) is 0 Å². The van der Waals surface area contributed by atoms with Gasteiger partial charge in [-0.25, -0.2) is 0 Å². The standard InChI is InChI=1S/C19H31NO4/c1-4-17-5-7-19(8-6-17)23-10-9-22-14-18(21)13-20-11-15(2)24-16(3)12-20/h5-8,15-16,18,21H,4,9-14H2,1-3H3. The molecule has 0 radical (unpaired) electrons. The molecule has 0 amide bonds. The molecule has 2 rings (SSSR count). The number of morpholine rings is 1. The number of aliphatic hydroxyl groups excluding tert-OH is 1. The van der Waals surface area contributed by atoms with Crippen LogP contribution in [0.1, 0.15) is 26.3 Å². The summed E-state index contributed by atoms with van der Waals surface area (Å²) in [5.41, 5.74) is 1.30. The Morgan fingerprint density at radius 3 is 2.46 bits per heavy atom. The van der Waals surface area contributed by atoms with Gasteiger partial charge in [0, 0.05) is 19.6 Å². The van der Waals surface area contributed by atoms with Gasteiger partial charge in [-0.05, 0) is 38.0 Å². The maximum atomic E-state index is 10.1. The molecule has 1 saturated heterocycles. The molecule has 1 N–H and O–H groups in total. The third kappa shape index (κ3) is 6.77. The third-order valence-electron chi connectivity index (χ3n) is 4.10. The number of nitrogens with zero attached hydrogens (tertiary/aromatic N) is 1. The molecule has 136 valence electrons. The molecule has 1 fully saturated rings. The van der Waals surface area contributed by atoms with Gasteiger partial charge in [0.1, 0.15) is 12.4 Å². The highest BCUT2D eigenvalue weighted by Gasteiger charge is 2.23. The van der Waals surface area contributed by atoms with Crippen molar-refractivity contribution >= 4 is 0 Å². The van der Waals surface area contributed by atoms with Crippen LogP contribution in [0.5, 0.6) is 5.75 Å². The van der Waals surface area contributed by atoms with Gasteiger partial charge in [-0.1, -0.05) is 19.1 Å². The molecule has 5 heteroatoms. The van der Waals surface area contributed by atoms with Crippen LogP contribution in [0.3, 0.4) is 0 Å². The Hall–Kier alpha value is -1.14. The number of aryl methyl sites for hydroxylation is 1. The van der Waals surface area contributed by atoms with E-state index in [1.165, 1.54) is 5.56 Å². The van der Waals surface area contributed by atoms with E-state index < -0.39 is 6.10 Å². The lowest BCUT2D eigenvalue weighted by Crippen LogP contribution is -2.48. The minimum absolute atomic E-state index is 0.217. The van der Waals surface area contributed by atoms with Crippen LogP contribution < -0.4 is 4.74 Å². The lowest BCUT2D eigenvalue weighted by Gasteiger charge is -2.36. The van der Waals surface area contributed by atoms with Crippen molar-refractivity contribution in [3.8, 4) is 5.75 Å². The number of aliphatic hydroxyl groups is 1. The van der Waals surface area contributed by atoms with E-state index >= 15 is 0 Å². The molecule has 0 bridgehead atoms. The number of ether oxygens (including phenoxy) is 3. The average Bonchev–Trinajstić information content (AvgIpc) is 2.54. The third-order valence-corrected chi connectivity index (χ3v) is 4.10. The van der Waals surface area contributed by atoms with E-state index in [9.17, 15) is 5.11 Å². The average molecular weight is 337 g/mol. The van der Waals surface area contributed by atoms with E-state index in [0.29, 0.717) is 26.4 Å². The summed E-state index contributed by atoms with van der Waals surface area (Å²) in [5.74, 6) is 0.854. The largest absolute Gasteiger partial charge is 0.491 e. The first-order valence-corrected chi connectivity index (χ1v) is 8.92. The molecular formula is C19H31NO4. The van der Waals surface area contributed by atoms with Crippen LogP contribution in [0.2, 0.25) is 0 Å². The van der Waals surface area contributed by atoms with Crippen molar-refractivity contribution in [1.82, 2.24) is 4.90 Å². The second kappa shape index (κ2) is 9.99. The summed E-state index contributed by atoms with van der Waals surface area (Å²) in [4.78, 5) is 2.23. The zero-order valence-electron chi connectivity index (χ0n) is 15.1. The van der Waals surface area contributed by atoms with E-state index in [1.54, 1.807) is 0 Å². The Bertz CT molecular complexity index is 455.